The second-order valence-electron chi connectivity index (χ2n) is 6.00. The molecule has 0 saturated carbocycles. The van der Waals surface area contributed by atoms with E-state index < -0.39 is 5.97 Å². The van der Waals surface area contributed by atoms with Crippen LogP contribution in [0.5, 0.6) is 0 Å². The zero-order valence-electron chi connectivity index (χ0n) is 13.9. The van der Waals surface area contributed by atoms with Crippen LogP contribution in [0.3, 0.4) is 0 Å². The van der Waals surface area contributed by atoms with E-state index >= 15 is 0 Å². The van der Waals surface area contributed by atoms with E-state index in [2.05, 4.69) is 24.1 Å². The van der Waals surface area contributed by atoms with Crippen LogP contribution in [0.15, 0.2) is 12.1 Å². The molecule has 1 aromatic carbocycles. The van der Waals surface area contributed by atoms with Crippen molar-refractivity contribution in [1.29, 1.82) is 0 Å². The number of nitrogens with two attached hydrogens (primary N) is 1. The monoisotopic (exact) mass is 293 g/mol. The van der Waals surface area contributed by atoms with Crippen LogP contribution >= 0.6 is 0 Å². The first-order valence-electron chi connectivity index (χ1n) is 7.16. The molecule has 1 unspecified atom stereocenters. The second kappa shape index (κ2) is 7.31. The molecule has 0 amide bonds. The molecule has 0 spiro atoms. The average Bonchev–Trinajstić information content (AvgIpc) is 2.40. The quantitative estimate of drug-likeness (QED) is 0.622. The summed E-state index contributed by atoms with van der Waals surface area (Å²) in [5.41, 5.74) is 8.60. The van der Waals surface area contributed by atoms with E-state index in [0.29, 0.717) is 17.2 Å². The highest BCUT2D eigenvalue weighted by Gasteiger charge is 2.17. The Bertz CT molecular complexity index is 499. The van der Waals surface area contributed by atoms with E-state index in [0.717, 1.165) is 17.8 Å². The van der Waals surface area contributed by atoms with E-state index in [-0.39, 0.29) is 6.04 Å². The van der Waals surface area contributed by atoms with Crippen LogP contribution in [0.1, 0.15) is 29.8 Å². The zero-order chi connectivity index (χ0) is 16.2. The Balaban J connectivity index is 3.07. The number of nitrogen functional groups attached to an aromatic ring is 1. The van der Waals surface area contributed by atoms with Crippen molar-refractivity contribution in [2.45, 2.75) is 26.8 Å². The third-order valence-corrected chi connectivity index (χ3v) is 3.51. The van der Waals surface area contributed by atoms with E-state index in [1.54, 1.807) is 6.07 Å². The van der Waals surface area contributed by atoms with Crippen LogP contribution in [-0.2, 0) is 4.74 Å². The molecule has 1 rings (SSSR count). The van der Waals surface area contributed by atoms with Crippen LogP contribution in [-0.4, -0.2) is 44.7 Å². The molecular formula is C16H27N3O2. The lowest BCUT2D eigenvalue weighted by atomic mass is 10.0. The van der Waals surface area contributed by atoms with Gasteiger partial charge in [-0.25, -0.2) is 4.79 Å². The number of carbonyl (C=O) groups excluding carboxylic acids is 1. The standard InChI is InChI=1S/C16H27N3O2/c1-10(2)14(9-19(4)5)18-12-7-11(3)15(17)13(8-12)16(20)21-6/h7-8,10,14,18H,9,17H2,1-6H3. The summed E-state index contributed by atoms with van der Waals surface area (Å²) >= 11 is 0. The summed E-state index contributed by atoms with van der Waals surface area (Å²) in [6.07, 6.45) is 0. The number of methoxy groups -OCH3 is 1. The van der Waals surface area contributed by atoms with Crippen molar-refractivity contribution in [3.8, 4) is 0 Å². The molecule has 21 heavy (non-hydrogen) atoms. The van der Waals surface area contributed by atoms with Gasteiger partial charge in [0.1, 0.15) is 0 Å². The van der Waals surface area contributed by atoms with Crippen molar-refractivity contribution in [2.75, 3.05) is 38.8 Å². The van der Waals surface area contributed by atoms with E-state index in [9.17, 15) is 4.79 Å². The fourth-order valence-corrected chi connectivity index (χ4v) is 2.19. The maximum atomic E-state index is 11.8. The number of nitrogens with zero attached hydrogens (tertiary/aromatic N) is 1. The summed E-state index contributed by atoms with van der Waals surface area (Å²) in [4.78, 5) is 13.9. The van der Waals surface area contributed by atoms with Crippen molar-refractivity contribution >= 4 is 17.3 Å². The van der Waals surface area contributed by atoms with Gasteiger partial charge in [-0.05, 0) is 44.6 Å². The molecule has 118 valence electrons. The molecule has 1 atom stereocenters. The van der Waals surface area contributed by atoms with Gasteiger partial charge >= 0.3 is 5.97 Å². The lowest BCUT2D eigenvalue weighted by Crippen LogP contribution is -2.36. The first kappa shape index (κ1) is 17.3. The Labute approximate surface area is 127 Å². The number of likely N-dealkylation sites (N-methyl/N-ethyl adjacent to an activating group) is 1. The predicted molar refractivity (Wildman–Crippen MR) is 87.7 cm³/mol. The molecule has 0 heterocycles. The molecule has 0 aliphatic heterocycles. The largest absolute Gasteiger partial charge is 0.465 e. The molecule has 3 N–H and O–H groups in total. The van der Waals surface area contributed by atoms with E-state index in [1.165, 1.54) is 7.11 Å². The van der Waals surface area contributed by atoms with Crippen molar-refractivity contribution < 1.29 is 9.53 Å². The Hall–Kier alpha value is -1.75. The van der Waals surface area contributed by atoms with Gasteiger partial charge < -0.3 is 20.7 Å². The highest BCUT2D eigenvalue weighted by molar-refractivity contribution is 5.97. The zero-order valence-corrected chi connectivity index (χ0v) is 13.9. The summed E-state index contributed by atoms with van der Waals surface area (Å²) < 4.78 is 4.79. The molecule has 0 aromatic heterocycles. The molecular weight excluding hydrogens is 266 g/mol. The van der Waals surface area contributed by atoms with Crippen LogP contribution in [0.25, 0.3) is 0 Å². The smallest absolute Gasteiger partial charge is 0.340 e. The number of benzene rings is 1. The third kappa shape index (κ3) is 4.63. The van der Waals surface area contributed by atoms with Crippen LogP contribution < -0.4 is 11.1 Å². The van der Waals surface area contributed by atoms with Gasteiger partial charge in [-0.3, -0.25) is 0 Å². The fraction of sp³-hybridized carbons (Fsp3) is 0.562. The normalized spacial score (nSPS) is 12.6. The number of carbonyl (C=O) groups is 1. The number of ether oxygens (including phenoxy) is 1. The van der Waals surface area contributed by atoms with Gasteiger partial charge in [0, 0.05) is 24.0 Å². The molecule has 0 fully saturated rings. The van der Waals surface area contributed by atoms with Crippen molar-refractivity contribution in [2.24, 2.45) is 5.92 Å². The number of hydrogen-bond donors (Lipinski definition) is 2. The molecule has 0 aliphatic carbocycles. The Morgan fingerprint density at radius 2 is 2.00 bits per heavy atom. The van der Waals surface area contributed by atoms with Crippen LogP contribution in [0, 0.1) is 12.8 Å². The predicted octanol–water partition coefficient (Wildman–Crippen LogP) is 2.36. The molecule has 5 nitrogen and oxygen atoms in total. The SMILES string of the molecule is COC(=O)c1cc(NC(CN(C)C)C(C)C)cc(C)c1N. The molecule has 0 radical (unpaired) electrons. The van der Waals surface area contributed by atoms with Crippen molar-refractivity contribution in [3.63, 3.8) is 0 Å². The van der Waals surface area contributed by atoms with Crippen molar-refractivity contribution in [3.05, 3.63) is 23.3 Å². The molecule has 5 heteroatoms. The summed E-state index contributed by atoms with van der Waals surface area (Å²) in [6, 6.07) is 4.01. The summed E-state index contributed by atoms with van der Waals surface area (Å²) in [5.74, 6) is 0.0554. The molecule has 0 aliphatic rings. The maximum absolute atomic E-state index is 11.8. The first-order valence-corrected chi connectivity index (χ1v) is 7.16. The van der Waals surface area contributed by atoms with Gasteiger partial charge in [-0.1, -0.05) is 13.8 Å². The number of aryl methyl sites for hydroxylation is 1. The third-order valence-electron chi connectivity index (χ3n) is 3.51. The lowest BCUT2D eigenvalue weighted by Gasteiger charge is -2.27. The minimum absolute atomic E-state index is 0.286. The summed E-state index contributed by atoms with van der Waals surface area (Å²) in [7, 11) is 5.45. The van der Waals surface area contributed by atoms with E-state index in [1.807, 2.05) is 27.1 Å². The van der Waals surface area contributed by atoms with Gasteiger partial charge in [0.25, 0.3) is 0 Å². The van der Waals surface area contributed by atoms with Gasteiger partial charge in [0.15, 0.2) is 0 Å². The highest BCUT2D eigenvalue weighted by Crippen LogP contribution is 2.25. The minimum Gasteiger partial charge on any atom is -0.465 e. The number of hydrogen-bond acceptors (Lipinski definition) is 5. The van der Waals surface area contributed by atoms with Gasteiger partial charge in [-0.2, -0.15) is 0 Å². The van der Waals surface area contributed by atoms with Crippen molar-refractivity contribution in [1.82, 2.24) is 4.90 Å². The van der Waals surface area contributed by atoms with Crippen LogP contribution in [0.4, 0.5) is 11.4 Å². The number of esters is 1. The Morgan fingerprint density at radius 3 is 2.48 bits per heavy atom. The lowest BCUT2D eigenvalue weighted by molar-refractivity contribution is 0.0602. The molecule has 0 bridgehead atoms. The van der Waals surface area contributed by atoms with Gasteiger partial charge in [0.05, 0.1) is 12.7 Å². The summed E-state index contributed by atoms with van der Waals surface area (Å²) in [6.45, 7) is 7.15. The molecule has 0 saturated heterocycles. The average molecular weight is 293 g/mol. The van der Waals surface area contributed by atoms with E-state index in [4.69, 9.17) is 10.5 Å². The Kier molecular flexibility index (Phi) is 6.03. The summed E-state index contributed by atoms with van der Waals surface area (Å²) in [5, 5.41) is 3.49. The first-order chi connectivity index (χ1) is 9.76. The second-order valence-corrected chi connectivity index (χ2v) is 6.00. The number of anilines is 2. The highest BCUT2D eigenvalue weighted by atomic mass is 16.5. The number of rotatable bonds is 6. The minimum atomic E-state index is -0.409. The Morgan fingerprint density at radius 1 is 1.38 bits per heavy atom. The van der Waals surface area contributed by atoms with Gasteiger partial charge in [-0.15, -0.1) is 0 Å². The fourth-order valence-electron chi connectivity index (χ4n) is 2.19. The van der Waals surface area contributed by atoms with Crippen LogP contribution in [0.2, 0.25) is 0 Å². The maximum Gasteiger partial charge on any atom is 0.340 e. The molecule has 1 aromatic rings. The topological polar surface area (TPSA) is 67.6 Å². The number of nitrogens with one attached hydrogen (secondary N) is 1. The van der Waals surface area contributed by atoms with Gasteiger partial charge in [0.2, 0.25) is 0 Å².